The van der Waals surface area contributed by atoms with Gasteiger partial charge in [-0.3, -0.25) is 9.99 Å². The van der Waals surface area contributed by atoms with Gasteiger partial charge in [0.15, 0.2) is 0 Å². The van der Waals surface area contributed by atoms with Crippen LogP contribution in [0, 0.1) is 6.92 Å². The van der Waals surface area contributed by atoms with E-state index in [2.05, 4.69) is 10.5 Å². The first-order valence-electron chi connectivity index (χ1n) is 6.73. The predicted molar refractivity (Wildman–Crippen MR) is 82.2 cm³/mol. The summed E-state index contributed by atoms with van der Waals surface area (Å²) in [6.07, 6.45) is 5.62. The summed E-state index contributed by atoms with van der Waals surface area (Å²) in [5.74, 6) is 0.159. The third kappa shape index (κ3) is 1.79. The fraction of sp³-hybridized carbons (Fsp3) is 0.0625. The molecule has 0 saturated carbocycles. The van der Waals surface area contributed by atoms with Crippen molar-refractivity contribution in [2.45, 2.75) is 6.92 Å². The van der Waals surface area contributed by atoms with Crippen LogP contribution in [0.25, 0.3) is 6.08 Å². The number of pyridine rings is 1. The number of aromatic nitrogens is 1. The quantitative estimate of drug-likeness (QED) is 0.840. The highest BCUT2D eigenvalue weighted by atomic mass is 16.3. The summed E-state index contributed by atoms with van der Waals surface area (Å²) in [5.41, 5.74) is 7.73. The minimum absolute atomic E-state index is 0.159. The van der Waals surface area contributed by atoms with Crippen LogP contribution >= 0.6 is 0 Å². The van der Waals surface area contributed by atoms with Crippen molar-refractivity contribution >= 4 is 17.5 Å². The number of allylic oxidation sites excluding steroid dienone is 1. The molecule has 2 aliphatic heterocycles. The molecule has 0 saturated heterocycles. The van der Waals surface area contributed by atoms with E-state index in [9.17, 15) is 5.11 Å². The van der Waals surface area contributed by atoms with Crippen LogP contribution < -0.4 is 15.6 Å². The van der Waals surface area contributed by atoms with Crippen molar-refractivity contribution in [3.63, 3.8) is 0 Å². The molecule has 0 spiro atoms. The predicted octanol–water partition coefficient (Wildman–Crippen LogP) is 2.89. The summed E-state index contributed by atoms with van der Waals surface area (Å²) in [7, 11) is 0. The van der Waals surface area contributed by atoms with Crippen molar-refractivity contribution < 1.29 is 5.11 Å². The molecule has 0 aliphatic carbocycles. The number of para-hydroxylation sites is 1. The summed E-state index contributed by atoms with van der Waals surface area (Å²) in [6, 6.07) is 11.9. The molecule has 1 aromatic carbocycles. The summed E-state index contributed by atoms with van der Waals surface area (Å²) in [6.45, 7) is 1.93. The molecule has 4 rings (SSSR count). The van der Waals surface area contributed by atoms with Crippen molar-refractivity contribution in [1.29, 1.82) is 0 Å². The lowest BCUT2D eigenvalue weighted by molar-refractivity contribution is 0.388. The van der Waals surface area contributed by atoms with Crippen LogP contribution in [0.1, 0.15) is 11.3 Å². The highest BCUT2D eigenvalue weighted by Crippen LogP contribution is 2.35. The Hall–Kier alpha value is -2.79. The SMILES string of the molecule is Cc1ccc(N2NN3C(=C2O)C=Cc2ccccc23)cn1. The number of nitrogens with one attached hydrogen (secondary N) is 1. The first-order chi connectivity index (χ1) is 10.2. The maximum atomic E-state index is 10.5. The molecule has 1 aromatic heterocycles. The lowest BCUT2D eigenvalue weighted by atomic mass is 10.1. The molecule has 5 heteroatoms. The second-order valence-electron chi connectivity index (χ2n) is 5.03. The van der Waals surface area contributed by atoms with Gasteiger partial charge in [-0.2, -0.15) is 0 Å². The molecule has 0 fully saturated rings. The number of fused-ring (bicyclic) bond motifs is 3. The Morgan fingerprint density at radius 3 is 2.71 bits per heavy atom. The maximum absolute atomic E-state index is 10.5. The molecule has 2 aliphatic rings. The Morgan fingerprint density at radius 1 is 1.05 bits per heavy atom. The number of hydrogen-bond donors (Lipinski definition) is 2. The molecule has 2 aromatic rings. The minimum Gasteiger partial charge on any atom is -0.492 e. The highest BCUT2D eigenvalue weighted by molar-refractivity contribution is 5.78. The lowest BCUT2D eigenvalue weighted by Gasteiger charge is -2.26. The van der Waals surface area contributed by atoms with E-state index in [0.29, 0.717) is 5.70 Å². The number of aliphatic hydroxyl groups excluding tert-OH is 1. The van der Waals surface area contributed by atoms with Gasteiger partial charge in [0.2, 0.25) is 5.88 Å². The second kappa shape index (κ2) is 4.36. The smallest absolute Gasteiger partial charge is 0.234 e. The summed E-state index contributed by atoms with van der Waals surface area (Å²) >= 11 is 0. The van der Waals surface area contributed by atoms with E-state index in [0.717, 1.165) is 22.6 Å². The molecule has 0 radical (unpaired) electrons. The van der Waals surface area contributed by atoms with Crippen molar-refractivity contribution in [3.05, 3.63) is 71.5 Å². The minimum atomic E-state index is 0.159. The van der Waals surface area contributed by atoms with Crippen molar-refractivity contribution in [3.8, 4) is 0 Å². The molecule has 0 amide bonds. The van der Waals surface area contributed by atoms with Crippen LogP contribution in [0.4, 0.5) is 11.4 Å². The van der Waals surface area contributed by atoms with Crippen LogP contribution in [-0.4, -0.2) is 10.1 Å². The second-order valence-corrected chi connectivity index (χ2v) is 5.03. The Bertz CT molecular complexity index is 764. The van der Waals surface area contributed by atoms with Crippen LogP contribution in [0.5, 0.6) is 0 Å². The lowest BCUT2D eigenvalue weighted by Crippen LogP contribution is -2.42. The van der Waals surface area contributed by atoms with Crippen LogP contribution in [-0.2, 0) is 0 Å². The number of rotatable bonds is 1. The maximum Gasteiger partial charge on any atom is 0.234 e. The molecular formula is C16H14N4O. The van der Waals surface area contributed by atoms with E-state index in [-0.39, 0.29) is 5.88 Å². The Labute approximate surface area is 122 Å². The number of aliphatic hydroxyl groups is 1. The van der Waals surface area contributed by atoms with Gasteiger partial charge in [-0.05, 0) is 36.8 Å². The number of aryl methyl sites for hydroxylation is 1. The first kappa shape index (κ1) is 12.0. The van der Waals surface area contributed by atoms with Gasteiger partial charge in [-0.15, -0.1) is 5.53 Å². The molecule has 0 unspecified atom stereocenters. The molecule has 0 bridgehead atoms. The van der Waals surface area contributed by atoms with Crippen molar-refractivity contribution in [2.75, 3.05) is 10.0 Å². The Kier molecular flexibility index (Phi) is 2.49. The fourth-order valence-electron chi connectivity index (χ4n) is 2.52. The van der Waals surface area contributed by atoms with Gasteiger partial charge in [-0.25, -0.2) is 5.01 Å². The average molecular weight is 278 g/mol. The van der Waals surface area contributed by atoms with Gasteiger partial charge in [0.05, 0.1) is 17.6 Å². The third-order valence-corrected chi connectivity index (χ3v) is 3.63. The van der Waals surface area contributed by atoms with Gasteiger partial charge < -0.3 is 5.11 Å². The third-order valence-electron chi connectivity index (χ3n) is 3.63. The van der Waals surface area contributed by atoms with Crippen LogP contribution in [0.2, 0.25) is 0 Å². The largest absolute Gasteiger partial charge is 0.492 e. The van der Waals surface area contributed by atoms with E-state index in [1.807, 2.05) is 60.5 Å². The van der Waals surface area contributed by atoms with E-state index >= 15 is 0 Å². The van der Waals surface area contributed by atoms with Gasteiger partial charge in [-0.1, -0.05) is 24.3 Å². The van der Waals surface area contributed by atoms with Crippen molar-refractivity contribution in [2.24, 2.45) is 0 Å². The monoisotopic (exact) mass is 278 g/mol. The summed E-state index contributed by atoms with van der Waals surface area (Å²) in [5, 5.41) is 13.9. The van der Waals surface area contributed by atoms with Gasteiger partial charge in [0.1, 0.15) is 5.70 Å². The molecule has 5 nitrogen and oxygen atoms in total. The molecule has 2 N–H and O–H groups in total. The zero-order valence-corrected chi connectivity index (χ0v) is 11.5. The molecule has 104 valence electrons. The highest BCUT2D eigenvalue weighted by Gasteiger charge is 2.32. The van der Waals surface area contributed by atoms with Gasteiger partial charge >= 0.3 is 0 Å². The molecule has 0 atom stereocenters. The van der Waals surface area contributed by atoms with Gasteiger partial charge in [0, 0.05) is 5.69 Å². The summed E-state index contributed by atoms with van der Waals surface area (Å²) in [4.78, 5) is 4.27. The van der Waals surface area contributed by atoms with E-state index < -0.39 is 0 Å². The standard InChI is InChI=1S/C16H14N4O/c1-11-6-8-13(10-17-11)19-16(21)15-9-7-12-4-2-3-5-14(12)20(15)18-19/h2-10,18,21H,1H3. The number of nitrogens with zero attached hydrogens (tertiary/aromatic N) is 3. The van der Waals surface area contributed by atoms with E-state index in [1.54, 1.807) is 11.2 Å². The molecule has 3 heterocycles. The zero-order valence-electron chi connectivity index (χ0n) is 11.5. The van der Waals surface area contributed by atoms with Crippen LogP contribution in [0.15, 0.2) is 60.3 Å². The number of anilines is 2. The summed E-state index contributed by atoms with van der Waals surface area (Å²) < 4.78 is 0. The average Bonchev–Trinajstić information content (AvgIpc) is 2.86. The molecular weight excluding hydrogens is 264 g/mol. The number of hydrazine groups is 2. The van der Waals surface area contributed by atoms with Gasteiger partial charge in [0.25, 0.3) is 0 Å². The normalized spacial score (nSPS) is 16.2. The van der Waals surface area contributed by atoms with E-state index in [4.69, 9.17) is 0 Å². The topological polar surface area (TPSA) is 51.6 Å². The zero-order chi connectivity index (χ0) is 14.4. The fourth-order valence-corrected chi connectivity index (χ4v) is 2.52. The van der Waals surface area contributed by atoms with Crippen molar-refractivity contribution in [1.82, 2.24) is 10.5 Å². The number of hydrogen-bond acceptors (Lipinski definition) is 5. The van der Waals surface area contributed by atoms with Crippen LogP contribution in [0.3, 0.4) is 0 Å². The first-order valence-corrected chi connectivity index (χ1v) is 6.73. The van der Waals surface area contributed by atoms with E-state index in [1.165, 1.54) is 0 Å². The Morgan fingerprint density at radius 2 is 1.90 bits per heavy atom. The molecule has 21 heavy (non-hydrogen) atoms. The number of benzene rings is 1. The Balaban J connectivity index is 1.77.